The monoisotopic (exact) mass is 291 g/mol. The van der Waals surface area contributed by atoms with Crippen LogP contribution in [0.5, 0.6) is 0 Å². The van der Waals surface area contributed by atoms with Crippen LogP contribution in [0.3, 0.4) is 0 Å². The third-order valence-corrected chi connectivity index (χ3v) is 3.05. The van der Waals surface area contributed by atoms with Crippen LogP contribution >= 0.6 is 23.2 Å². The molecular weight excluding hydrogens is 285 g/mol. The number of isocyanates is 1. The molecule has 0 atom stereocenters. The first-order chi connectivity index (χ1) is 9.13. The van der Waals surface area contributed by atoms with Crippen molar-refractivity contribution in [3.8, 4) is 0 Å². The summed E-state index contributed by atoms with van der Waals surface area (Å²) >= 11 is 11.8. The molecule has 3 nitrogen and oxygen atoms in total. The molecule has 19 heavy (non-hydrogen) atoms. The predicted molar refractivity (Wildman–Crippen MR) is 74.1 cm³/mol. The lowest BCUT2D eigenvalue weighted by Crippen LogP contribution is -2.02. The summed E-state index contributed by atoms with van der Waals surface area (Å²) in [5, 5.41) is 0.703. The minimum atomic E-state index is -0.345. The van der Waals surface area contributed by atoms with Crippen molar-refractivity contribution in [3.63, 3.8) is 0 Å². The van der Waals surface area contributed by atoms with Crippen molar-refractivity contribution in [2.45, 2.75) is 0 Å². The first kappa shape index (κ1) is 13.5. The highest BCUT2D eigenvalue weighted by atomic mass is 35.5. The predicted octanol–water partition coefficient (Wildman–Crippen LogP) is 4.19. The Bertz CT molecular complexity index is 692. The molecule has 0 aliphatic rings. The van der Waals surface area contributed by atoms with Crippen molar-refractivity contribution in [1.82, 2.24) is 0 Å². The molecule has 2 aromatic rings. The van der Waals surface area contributed by atoms with Gasteiger partial charge in [0, 0.05) is 10.6 Å². The summed E-state index contributed by atoms with van der Waals surface area (Å²) in [7, 11) is 0. The summed E-state index contributed by atoms with van der Waals surface area (Å²) in [6, 6.07) is 11.1. The molecule has 0 N–H and O–H groups in total. The Morgan fingerprint density at radius 3 is 2.47 bits per heavy atom. The van der Waals surface area contributed by atoms with Crippen LogP contribution in [-0.4, -0.2) is 11.9 Å². The molecule has 2 aromatic carbocycles. The molecule has 0 saturated heterocycles. The third-order valence-electron chi connectivity index (χ3n) is 2.49. The second-order valence-corrected chi connectivity index (χ2v) is 4.52. The van der Waals surface area contributed by atoms with Crippen molar-refractivity contribution in [1.29, 1.82) is 0 Å². The maximum Gasteiger partial charge on any atom is 0.240 e. The SMILES string of the molecule is O=C=Nc1ccc(Cl)cc1C(=O)c1ccccc1Cl. The molecule has 0 aromatic heterocycles. The number of carbonyl (C=O) groups excluding carboxylic acids is 2. The summed E-state index contributed by atoms with van der Waals surface area (Å²) in [4.78, 5) is 26.3. The van der Waals surface area contributed by atoms with Crippen LogP contribution in [0.2, 0.25) is 10.0 Å². The Hall–Kier alpha value is -1.93. The number of aliphatic imine (C=N–C) groups is 1. The number of ketones is 1. The summed E-state index contributed by atoms with van der Waals surface area (Å²) in [6.45, 7) is 0. The first-order valence-electron chi connectivity index (χ1n) is 5.30. The van der Waals surface area contributed by atoms with Crippen LogP contribution in [0.25, 0.3) is 0 Å². The highest BCUT2D eigenvalue weighted by molar-refractivity contribution is 6.35. The van der Waals surface area contributed by atoms with Gasteiger partial charge in [-0.15, -0.1) is 0 Å². The van der Waals surface area contributed by atoms with E-state index in [0.29, 0.717) is 15.6 Å². The topological polar surface area (TPSA) is 46.5 Å². The van der Waals surface area contributed by atoms with E-state index in [1.165, 1.54) is 18.2 Å². The lowest BCUT2D eigenvalue weighted by atomic mass is 10.0. The van der Waals surface area contributed by atoms with Gasteiger partial charge in [0.2, 0.25) is 6.08 Å². The molecule has 0 amide bonds. The lowest BCUT2D eigenvalue weighted by molar-refractivity contribution is 0.103. The van der Waals surface area contributed by atoms with Crippen molar-refractivity contribution in [2.75, 3.05) is 0 Å². The third kappa shape index (κ3) is 2.91. The van der Waals surface area contributed by atoms with Crippen molar-refractivity contribution in [2.24, 2.45) is 4.99 Å². The van der Waals surface area contributed by atoms with Crippen LogP contribution in [0.4, 0.5) is 5.69 Å². The quantitative estimate of drug-likeness (QED) is 0.483. The van der Waals surface area contributed by atoms with E-state index in [9.17, 15) is 9.59 Å². The summed E-state index contributed by atoms with van der Waals surface area (Å²) in [6.07, 6.45) is 1.41. The number of carbonyl (C=O) groups is 1. The lowest BCUT2D eigenvalue weighted by Gasteiger charge is -2.06. The molecule has 0 heterocycles. The van der Waals surface area contributed by atoms with Gasteiger partial charge in [-0.1, -0.05) is 35.3 Å². The zero-order valence-corrected chi connectivity index (χ0v) is 11.1. The van der Waals surface area contributed by atoms with Crippen LogP contribution in [0, 0.1) is 0 Å². The highest BCUT2D eigenvalue weighted by Crippen LogP contribution is 2.27. The number of hydrogen-bond donors (Lipinski definition) is 0. The van der Waals surface area contributed by atoms with Crippen LogP contribution in [0.15, 0.2) is 47.5 Å². The molecule has 0 radical (unpaired) electrons. The molecule has 0 bridgehead atoms. The van der Waals surface area contributed by atoms with Gasteiger partial charge in [0.05, 0.1) is 16.3 Å². The number of hydrogen-bond acceptors (Lipinski definition) is 3. The van der Waals surface area contributed by atoms with Crippen molar-refractivity contribution in [3.05, 3.63) is 63.6 Å². The van der Waals surface area contributed by atoms with Crippen LogP contribution in [-0.2, 0) is 4.79 Å². The average molecular weight is 292 g/mol. The summed E-state index contributed by atoms with van der Waals surface area (Å²) in [5.41, 5.74) is 0.752. The fraction of sp³-hybridized carbons (Fsp3) is 0. The second kappa shape index (κ2) is 5.81. The fourth-order valence-corrected chi connectivity index (χ4v) is 2.02. The van der Waals surface area contributed by atoms with Gasteiger partial charge in [-0.05, 0) is 30.3 Å². The van der Waals surface area contributed by atoms with Gasteiger partial charge in [0.25, 0.3) is 0 Å². The minimum Gasteiger partial charge on any atom is -0.288 e. The molecule has 0 aliphatic carbocycles. The molecule has 2 rings (SSSR count). The van der Waals surface area contributed by atoms with Crippen LogP contribution in [0.1, 0.15) is 15.9 Å². The number of nitrogens with zero attached hydrogens (tertiary/aromatic N) is 1. The standard InChI is InChI=1S/C14H7Cl2NO2/c15-9-5-6-13(17-8-18)11(7-9)14(19)10-3-1-2-4-12(10)16/h1-7H. The molecule has 0 saturated carbocycles. The number of rotatable bonds is 3. The molecule has 0 unspecified atom stereocenters. The van der Waals surface area contributed by atoms with Gasteiger partial charge in [-0.25, -0.2) is 4.79 Å². The normalized spacial score (nSPS) is 9.79. The van der Waals surface area contributed by atoms with Crippen molar-refractivity contribution >= 4 is 40.8 Å². The first-order valence-corrected chi connectivity index (χ1v) is 6.05. The smallest absolute Gasteiger partial charge is 0.240 e. The Morgan fingerprint density at radius 1 is 1.05 bits per heavy atom. The number of halogens is 2. The van der Waals surface area contributed by atoms with E-state index in [1.54, 1.807) is 30.3 Å². The van der Waals surface area contributed by atoms with E-state index in [0.717, 1.165) is 0 Å². The van der Waals surface area contributed by atoms with Crippen molar-refractivity contribution < 1.29 is 9.59 Å². The Morgan fingerprint density at radius 2 is 1.79 bits per heavy atom. The van der Waals surface area contributed by atoms with E-state index >= 15 is 0 Å². The van der Waals surface area contributed by atoms with E-state index in [1.807, 2.05) is 0 Å². The molecular formula is C14H7Cl2NO2. The molecule has 5 heteroatoms. The van der Waals surface area contributed by atoms with Gasteiger partial charge < -0.3 is 0 Å². The maximum absolute atomic E-state index is 12.4. The van der Waals surface area contributed by atoms with E-state index < -0.39 is 0 Å². The Labute approximate surface area is 119 Å². The van der Waals surface area contributed by atoms with Gasteiger partial charge in [-0.2, -0.15) is 4.99 Å². The van der Waals surface area contributed by atoms with E-state index in [-0.39, 0.29) is 17.0 Å². The van der Waals surface area contributed by atoms with Gasteiger partial charge >= 0.3 is 0 Å². The molecule has 0 fully saturated rings. The number of benzene rings is 2. The van der Waals surface area contributed by atoms with E-state index in [2.05, 4.69) is 4.99 Å². The zero-order chi connectivity index (χ0) is 13.8. The fourth-order valence-electron chi connectivity index (χ4n) is 1.63. The molecule has 94 valence electrons. The second-order valence-electron chi connectivity index (χ2n) is 3.67. The van der Waals surface area contributed by atoms with E-state index in [4.69, 9.17) is 23.2 Å². The van der Waals surface area contributed by atoms with Gasteiger partial charge in [0.15, 0.2) is 5.78 Å². The summed E-state index contributed by atoms with van der Waals surface area (Å²) in [5.74, 6) is -0.345. The minimum absolute atomic E-state index is 0.212. The summed E-state index contributed by atoms with van der Waals surface area (Å²) < 4.78 is 0. The highest BCUT2D eigenvalue weighted by Gasteiger charge is 2.16. The maximum atomic E-state index is 12.4. The zero-order valence-electron chi connectivity index (χ0n) is 9.56. The van der Waals surface area contributed by atoms with Gasteiger partial charge in [0.1, 0.15) is 0 Å². The Balaban J connectivity index is 2.58. The van der Waals surface area contributed by atoms with Gasteiger partial charge in [-0.3, -0.25) is 4.79 Å². The van der Waals surface area contributed by atoms with Crippen LogP contribution < -0.4 is 0 Å². The largest absolute Gasteiger partial charge is 0.288 e. The molecule has 0 aliphatic heterocycles. The molecule has 0 spiro atoms. The average Bonchev–Trinajstić information content (AvgIpc) is 2.41. The Kier molecular flexibility index (Phi) is 4.13.